The van der Waals surface area contributed by atoms with Crippen molar-refractivity contribution in [1.82, 2.24) is 4.98 Å². The van der Waals surface area contributed by atoms with Crippen LogP contribution in [-0.4, -0.2) is 29.5 Å². The monoisotopic (exact) mass is 467 g/mol. The van der Waals surface area contributed by atoms with E-state index in [9.17, 15) is 9.59 Å². The molecule has 1 amide bonds. The van der Waals surface area contributed by atoms with E-state index in [1.54, 1.807) is 19.4 Å². The summed E-state index contributed by atoms with van der Waals surface area (Å²) in [6, 6.07) is 11.1. The Balaban J connectivity index is 1.77. The molecule has 0 radical (unpaired) electrons. The van der Waals surface area contributed by atoms with Crippen LogP contribution in [0.15, 0.2) is 63.3 Å². The summed E-state index contributed by atoms with van der Waals surface area (Å²) in [7, 11) is 1.60. The summed E-state index contributed by atoms with van der Waals surface area (Å²) in [5, 5.41) is 2.89. The van der Waals surface area contributed by atoms with Crippen LogP contribution in [0.4, 0.5) is 5.82 Å². The van der Waals surface area contributed by atoms with Gasteiger partial charge in [0.15, 0.2) is 5.78 Å². The van der Waals surface area contributed by atoms with E-state index in [0.717, 1.165) is 28.6 Å². The first-order valence-corrected chi connectivity index (χ1v) is 10.6. The summed E-state index contributed by atoms with van der Waals surface area (Å²) in [5.41, 5.74) is 3.03. The molecule has 0 bridgehead atoms. The highest BCUT2D eigenvalue weighted by molar-refractivity contribution is 9.10. The number of carbonyl (C=O) groups excluding carboxylic acids is 2. The molecule has 1 aliphatic heterocycles. The second-order valence-corrected chi connectivity index (χ2v) is 8.39. The Morgan fingerprint density at radius 2 is 2.07 bits per heavy atom. The lowest BCUT2D eigenvalue weighted by atomic mass is 9.71. The number of aromatic nitrogens is 1. The van der Waals surface area contributed by atoms with Crippen LogP contribution in [0.1, 0.15) is 37.7 Å². The number of ketones is 1. The summed E-state index contributed by atoms with van der Waals surface area (Å²) >= 11 is 3.35. The van der Waals surface area contributed by atoms with Gasteiger partial charge in [-0.15, -0.1) is 0 Å². The van der Waals surface area contributed by atoms with Gasteiger partial charge >= 0.3 is 0 Å². The first kappa shape index (κ1) is 20.5. The number of allylic oxidation sites excluding steroid dienone is 2. The number of halogens is 1. The second kappa shape index (κ2) is 8.52. The number of nitrogens with one attached hydrogen (secondary N) is 1. The van der Waals surface area contributed by atoms with Gasteiger partial charge in [0.05, 0.1) is 13.0 Å². The maximum absolute atomic E-state index is 13.4. The predicted octanol–water partition coefficient (Wildman–Crippen LogP) is 4.67. The molecule has 0 fully saturated rings. The molecule has 1 unspecified atom stereocenters. The summed E-state index contributed by atoms with van der Waals surface area (Å²) in [6.45, 7) is 1.86. The molecule has 2 atom stereocenters. The molecular weight excluding hydrogens is 446 g/mol. The number of pyridine rings is 1. The zero-order valence-electron chi connectivity index (χ0n) is 16.8. The van der Waals surface area contributed by atoms with Gasteiger partial charge in [-0.2, -0.15) is 0 Å². The summed E-state index contributed by atoms with van der Waals surface area (Å²) < 4.78 is 6.22. The van der Waals surface area contributed by atoms with Gasteiger partial charge in [0, 0.05) is 40.0 Å². The summed E-state index contributed by atoms with van der Waals surface area (Å²) in [4.78, 5) is 35.2. The molecule has 0 spiro atoms. The van der Waals surface area contributed by atoms with Crippen molar-refractivity contribution in [2.45, 2.75) is 32.1 Å². The molecule has 2 aliphatic rings. The van der Waals surface area contributed by atoms with Crippen LogP contribution in [0.3, 0.4) is 0 Å². The molecule has 30 heavy (non-hydrogen) atoms. The molecule has 0 saturated carbocycles. The standard InChI is InChI=1S/C23H22BrN3O3/c1-13-20(23(29)27-19-10-9-15(24)12-25-19)21(14-5-3-6-16(11-14)30-2)22-17(26-13)7-4-8-18(22)28/h3,5-6,9-12,20-21H,4,7-8H2,1-2H3,(H,25,27,29)/t20?,21-/m1/s1. The van der Waals surface area contributed by atoms with Crippen molar-refractivity contribution in [2.24, 2.45) is 10.9 Å². The minimum atomic E-state index is -0.608. The molecule has 2 heterocycles. The first-order valence-electron chi connectivity index (χ1n) is 9.85. The fourth-order valence-corrected chi connectivity index (χ4v) is 4.43. The maximum atomic E-state index is 13.4. The lowest BCUT2D eigenvalue weighted by Gasteiger charge is -2.35. The SMILES string of the molecule is COc1cccc([C@H]2C3=C(CCCC3=O)N=C(C)C2C(=O)Nc2ccc(Br)cn2)c1. The highest BCUT2D eigenvalue weighted by Crippen LogP contribution is 2.44. The molecule has 1 aromatic heterocycles. The van der Waals surface area contributed by atoms with E-state index in [-0.39, 0.29) is 11.7 Å². The van der Waals surface area contributed by atoms with E-state index >= 15 is 0 Å². The van der Waals surface area contributed by atoms with Gasteiger partial charge in [-0.3, -0.25) is 14.6 Å². The molecule has 0 saturated heterocycles. The number of amides is 1. The summed E-state index contributed by atoms with van der Waals surface area (Å²) in [6.07, 6.45) is 3.65. The fourth-order valence-electron chi connectivity index (χ4n) is 4.19. The average molecular weight is 468 g/mol. The normalized spacial score (nSPS) is 21.0. The molecule has 6 nitrogen and oxygen atoms in total. The van der Waals surface area contributed by atoms with Gasteiger partial charge < -0.3 is 10.1 Å². The number of methoxy groups -OCH3 is 1. The van der Waals surface area contributed by atoms with Crippen molar-refractivity contribution >= 4 is 39.1 Å². The number of Topliss-reactive ketones (excluding diaryl/α,β-unsaturated/α-hetero) is 1. The van der Waals surface area contributed by atoms with Crippen LogP contribution in [0.25, 0.3) is 0 Å². The zero-order valence-corrected chi connectivity index (χ0v) is 18.4. The van der Waals surface area contributed by atoms with Crippen LogP contribution in [0.5, 0.6) is 5.75 Å². The fraction of sp³-hybridized carbons (Fsp3) is 0.304. The van der Waals surface area contributed by atoms with Gasteiger partial charge in [-0.1, -0.05) is 12.1 Å². The lowest BCUT2D eigenvalue weighted by molar-refractivity contribution is -0.119. The van der Waals surface area contributed by atoms with Crippen molar-refractivity contribution < 1.29 is 14.3 Å². The Labute approximate surface area is 183 Å². The predicted molar refractivity (Wildman–Crippen MR) is 119 cm³/mol. The van der Waals surface area contributed by atoms with Crippen molar-refractivity contribution in [2.75, 3.05) is 12.4 Å². The second-order valence-electron chi connectivity index (χ2n) is 7.47. The topological polar surface area (TPSA) is 80.6 Å². The summed E-state index contributed by atoms with van der Waals surface area (Å²) in [5.74, 6) is -0.0372. The highest BCUT2D eigenvalue weighted by atomic mass is 79.9. The van der Waals surface area contributed by atoms with Gasteiger partial charge in [-0.05, 0) is 65.5 Å². The molecule has 1 aliphatic carbocycles. The van der Waals surface area contributed by atoms with Crippen LogP contribution in [-0.2, 0) is 9.59 Å². The Morgan fingerprint density at radius 3 is 2.80 bits per heavy atom. The van der Waals surface area contributed by atoms with Crippen molar-refractivity contribution in [3.8, 4) is 5.75 Å². The van der Waals surface area contributed by atoms with Crippen LogP contribution in [0, 0.1) is 5.92 Å². The number of ether oxygens (including phenoxy) is 1. The Bertz CT molecular complexity index is 1060. The van der Waals surface area contributed by atoms with E-state index in [2.05, 4.69) is 31.2 Å². The minimum Gasteiger partial charge on any atom is -0.497 e. The van der Waals surface area contributed by atoms with E-state index < -0.39 is 11.8 Å². The number of hydrogen-bond acceptors (Lipinski definition) is 5. The van der Waals surface area contributed by atoms with Gasteiger partial charge in [-0.25, -0.2) is 4.98 Å². The van der Waals surface area contributed by atoms with Gasteiger partial charge in [0.1, 0.15) is 11.6 Å². The van der Waals surface area contributed by atoms with Crippen LogP contribution >= 0.6 is 15.9 Å². The quantitative estimate of drug-likeness (QED) is 0.707. The number of hydrogen-bond donors (Lipinski definition) is 1. The zero-order chi connectivity index (χ0) is 21.3. The average Bonchev–Trinajstić information content (AvgIpc) is 2.74. The highest BCUT2D eigenvalue weighted by Gasteiger charge is 2.42. The molecule has 7 heteroatoms. The van der Waals surface area contributed by atoms with Crippen molar-refractivity contribution in [1.29, 1.82) is 0 Å². The van der Waals surface area contributed by atoms with Gasteiger partial charge in [0.2, 0.25) is 5.91 Å². The maximum Gasteiger partial charge on any atom is 0.235 e. The molecular formula is C23H22BrN3O3. The third-order valence-corrected chi connectivity index (χ3v) is 6.02. The molecule has 1 N–H and O–H groups in total. The van der Waals surface area contributed by atoms with Crippen molar-refractivity contribution in [3.05, 3.63) is 63.9 Å². The van der Waals surface area contributed by atoms with E-state index in [1.807, 2.05) is 37.3 Å². The molecule has 1 aromatic carbocycles. The number of aliphatic imine (C=N–C) groups is 1. The largest absolute Gasteiger partial charge is 0.497 e. The lowest BCUT2D eigenvalue weighted by Crippen LogP contribution is -2.39. The third-order valence-electron chi connectivity index (χ3n) is 5.55. The van der Waals surface area contributed by atoms with Crippen molar-refractivity contribution in [3.63, 3.8) is 0 Å². The number of nitrogens with zero attached hydrogens (tertiary/aromatic N) is 2. The number of rotatable bonds is 4. The van der Waals surface area contributed by atoms with E-state index in [1.165, 1.54) is 0 Å². The third kappa shape index (κ3) is 3.94. The first-order chi connectivity index (χ1) is 14.5. The Morgan fingerprint density at radius 1 is 1.23 bits per heavy atom. The van der Waals surface area contributed by atoms with E-state index in [4.69, 9.17) is 4.74 Å². The minimum absolute atomic E-state index is 0.0693. The van der Waals surface area contributed by atoms with Crippen LogP contribution < -0.4 is 10.1 Å². The molecule has 154 valence electrons. The number of carbonyl (C=O) groups is 2. The Hall–Kier alpha value is -2.80. The smallest absolute Gasteiger partial charge is 0.235 e. The number of anilines is 1. The van der Waals surface area contributed by atoms with Gasteiger partial charge in [0.25, 0.3) is 0 Å². The molecule has 4 rings (SSSR count). The molecule has 2 aromatic rings. The van der Waals surface area contributed by atoms with E-state index in [0.29, 0.717) is 29.3 Å². The van der Waals surface area contributed by atoms with Crippen LogP contribution in [0.2, 0.25) is 0 Å². The Kier molecular flexibility index (Phi) is 5.81. The number of benzene rings is 1.